The molecule has 1 aromatic carbocycles. The topological polar surface area (TPSA) is 51.4 Å². The summed E-state index contributed by atoms with van der Waals surface area (Å²) in [6, 6.07) is 10.3. The lowest BCUT2D eigenvalue weighted by Crippen LogP contribution is -2.34. The summed E-state index contributed by atoms with van der Waals surface area (Å²) in [6.45, 7) is 2.97. The maximum absolute atomic E-state index is 6.11. The zero-order valence-corrected chi connectivity index (χ0v) is 13.1. The van der Waals surface area contributed by atoms with Crippen LogP contribution in [0.15, 0.2) is 30.3 Å². The average molecular weight is 303 g/mol. The Bertz CT molecular complexity index is 576. The fourth-order valence-electron chi connectivity index (χ4n) is 2.92. The van der Waals surface area contributed by atoms with E-state index in [4.69, 9.17) is 10.5 Å². The number of hydrogen-bond donors (Lipinski definition) is 1. The molecule has 0 radical (unpaired) electrons. The second-order valence-corrected chi connectivity index (χ2v) is 6.25. The number of anilines is 2. The standard InChI is InChI=1S/C16H21N3OS/c1-20-11-12-7-9-19(10-8-12)16-14(15(17)18-21-16)13-5-3-2-4-6-13/h2-6,12H,7-11H2,1H3,(H2,17,18). The van der Waals surface area contributed by atoms with Crippen LogP contribution in [0.3, 0.4) is 0 Å². The quantitative estimate of drug-likeness (QED) is 0.942. The van der Waals surface area contributed by atoms with Gasteiger partial charge < -0.3 is 15.4 Å². The number of methoxy groups -OCH3 is 1. The SMILES string of the molecule is COCC1CCN(c2snc(N)c2-c2ccccc2)CC1. The Morgan fingerprint density at radius 3 is 2.67 bits per heavy atom. The lowest BCUT2D eigenvalue weighted by atomic mass is 9.97. The Kier molecular flexibility index (Phi) is 4.41. The summed E-state index contributed by atoms with van der Waals surface area (Å²) >= 11 is 1.51. The Labute approximate surface area is 129 Å². The third kappa shape index (κ3) is 3.04. The Morgan fingerprint density at radius 2 is 2.00 bits per heavy atom. The molecule has 0 bridgehead atoms. The highest BCUT2D eigenvalue weighted by Crippen LogP contribution is 2.40. The number of hydrogen-bond acceptors (Lipinski definition) is 5. The highest BCUT2D eigenvalue weighted by atomic mass is 32.1. The largest absolute Gasteiger partial charge is 0.384 e. The van der Waals surface area contributed by atoms with Gasteiger partial charge in [-0.1, -0.05) is 30.3 Å². The van der Waals surface area contributed by atoms with Crippen molar-refractivity contribution in [3.05, 3.63) is 30.3 Å². The van der Waals surface area contributed by atoms with Crippen LogP contribution < -0.4 is 10.6 Å². The summed E-state index contributed by atoms with van der Waals surface area (Å²) in [6.07, 6.45) is 2.33. The van der Waals surface area contributed by atoms with Crippen molar-refractivity contribution in [2.75, 3.05) is 37.4 Å². The van der Waals surface area contributed by atoms with Crippen LogP contribution in [0.2, 0.25) is 0 Å². The summed E-state index contributed by atoms with van der Waals surface area (Å²) in [4.78, 5) is 2.42. The van der Waals surface area contributed by atoms with Crippen LogP contribution in [0.25, 0.3) is 11.1 Å². The van der Waals surface area contributed by atoms with Gasteiger partial charge in [0.05, 0.1) is 5.56 Å². The van der Waals surface area contributed by atoms with E-state index in [-0.39, 0.29) is 0 Å². The molecule has 2 N–H and O–H groups in total. The first-order chi connectivity index (χ1) is 10.3. The molecule has 1 saturated heterocycles. The van der Waals surface area contributed by atoms with E-state index in [2.05, 4.69) is 21.4 Å². The first-order valence-corrected chi connectivity index (χ1v) is 8.11. The Morgan fingerprint density at radius 1 is 1.29 bits per heavy atom. The minimum Gasteiger partial charge on any atom is -0.384 e. The van der Waals surface area contributed by atoms with E-state index < -0.39 is 0 Å². The molecule has 3 rings (SSSR count). The molecule has 5 heteroatoms. The molecule has 4 nitrogen and oxygen atoms in total. The van der Waals surface area contributed by atoms with E-state index in [0.717, 1.165) is 30.8 Å². The molecular weight excluding hydrogens is 282 g/mol. The van der Waals surface area contributed by atoms with Crippen molar-refractivity contribution < 1.29 is 4.74 Å². The first-order valence-electron chi connectivity index (χ1n) is 7.34. The second kappa shape index (κ2) is 6.45. The average Bonchev–Trinajstić information content (AvgIpc) is 2.91. The van der Waals surface area contributed by atoms with Gasteiger partial charge in [-0.2, -0.15) is 4.37 Å². The van der Waals surface area contributed by atoms with Crippen molar-refractivity contribution in [3.8, 4) is 11.1 Å². The lowest BCUT2D eigenvalue weighted by molar-refractivity contribution is 0.139. The summed E-state index contributed by atoms with van der Waals surface area (Å²) in [5.74, 6) is 1.32. The van der Waals surface area contributed by atoms with E-state index >= 15 is 0 Å². The van der Waals surface area contributed by atoms with Crippen LogP contribution in [0.4, 0.5) is 10.8 Å². The number of nitrogens with zero attached hydrogens (tertiary/aromatic N) is 2. The van der Waals surface area contributed by atoms with Gasteiger partial charge in [0.15, 0.2) is 0 Å². The number of aromatic nitrogens is 1. The van der Waals surface area contributed by atoms with Gasteiger partial charge in [0.2, 0.25) is 0 Å². The van der Waals surface area contributed by atoms with Crippen molar-refractivity contribution in [2.24, 2.45) is 5.92 Å². The van der Waals surface area contributed by atoms with Gasteiger partial charge in [0, 0.05) is 26.8 Å². The van der Waals surface area contributed by atoms with Crippen molar-refractivity contribution in [1.82, 2.24) is 4.37 Å². The van der Waals surface area contributed by atoms with E-state index in [1.165, 1.54) is 29.4 Å². The number of ether oxygens (including phenoxy) is 1. The van der Waals surface area contributed by atoms with Crippen molar-refractivity contribution >= 4 is 22.4 Å². The van der Waals surface area contributed by atoms with Crippen LogP contribution in [-0.2, 0) is 4.74 Å². The molecule has 0 spiro atoms. The van der Waals surface area contributed by atoms with Gasteiger partial charge in [0.25, 0.3) is 0 Å². The predicted octanol–water partition coefficient (Wildman–Crippen LogP) is 3.26. The predicted molar refractivity (Wildman–Crippen MR) is 88.8 cm³/mol. The Balaban J connectivity index is 1.81. The molecule has 0 aliphatic carbocycles. The third-order valence-corrected chi connectivity index (χ3v) is 4.99. The van der Waals surface area contributed by atoms with E-state index in [1.54, 1.807) is 7.11 Å². The van der Waals surface area contributed by atoms with Crippen LogP contribution in [0.5, 0.6) is 0 Å². The van der Waals surface area contributed by atoms with Crippen LogP contribution >= 0.6 is 11.5 Å². The second-order valence-electron chi connectivity index (χ2n) is 5.50. The summed E-state index contributed by atoms with van der Waals surface area (Å²) in [7, 11) is 1.78. The molecule has 0 amide bonds. The van der Waals surface area contributed by atoms with Gasteiger partial charge in [-0.3, -0.25) is 0 Å². The number of rotatable bonds is 4. The zero-order chi connectivity index (χ0) is 14.7. The monoisotopic (exact) mass is 303 g/mol. The third-order valence-electron chi connectivity index (χ3n) is 4.07. The molecule has 21 heavy (non-hydrogen) atoms. The number of piperidine rings is 1. The maximum atomic E-state index is 6.11. The molecule has 0 unspecified atom stereocenters. The number of benzene rings is 1. The maximum Gasteiger partial charge on any atom is 0.147 e. The molecule has 0 saturated carbocycles. The van der Waals surface area contributed by atoms with Gasteiger partial charge >= 0.3 is 0 Å². The molecular formula is C16H21N3OS. The van der Waals surface area contributed by atoms with E-state index in [9.17, 15) is 0 Å². The summed E-state index contributed by atoms with van der Waals surface area (Å²) < 4.78 is 9.65. The van der Waals surface area contributed by atoms with Crippen LogP contribution in [0, 0.1) is 5.92 Å². The molecule has 1 aliphatic heterocycles. The molecule has 112 valence electrons. The van der Waals surface area contributed by atoms with Gasteiger partial charge in [-0.15, -0.1) is 0 Å². The van der Waals surface area contributed by atoms with Crippen LogP contribution in [-0.4, -0.2) is 31.2 Å². The van der Waals surface area contributed by atoms with E-state index in [0.29, 0.717) is 11.7 Å². The normalized spacial score (nSPS) is 16.3. The lowest BCUT2D eigenvalue weighted by Gasteiger charge is -2.32. The van der Waals surface area contributed by atoms with E-state index in [1.807, 2.05) is 18.2 Å². The summed E-state index contributed by atoms with van der Waals surface area (Å²) in [5.41, 5.74) is 8.35. The first kappa shape index (κ1) is 14.4. The summed E-state index contributed by atoms with van der Waals surface area (Å²) in [5, 5.41) is 1.20. The van der Waals surface area contributed by atoms with Gasteiger partial charge in [-0.25, -0.2) is 0 Å². The highest BCUT2D eigenvalue weighted by molar-refractivity contribution is 7.11. The van der Waals surface area contributed by atoms with Gasteiger partial charge in [0.1, 0.15) is 10.8 Å². The van der Waals surface area contributed by atoms with Gasteiger partial charge in [-0.05, 0) is 35.9 Å². The number of nitrogens with two attached hydrogens (primary N) is 1. The molecule has 2 heterocycles. The smallest absolute Gasteiger partial charge is 0.147 e. The molecule has 0 atom stereocenters. The zero-order valence-electron chi connectivity index (χ0n) is 12.3. The molecule has 1 aliphatic rings. The minimum absolute atomic E-state index is 0.639. The molecule has 1 fully saturated rings. The van der Waals surface area contributed by atoms with Crippen molar-refractivity contribution in [1.29, 1.82) is 0 Å². The van der Waals surface area contributed by atoms with Crippen molar-refractivity contribution in [3.63, 3.8) is 0 Å². The highest BCUT2D eigenvalue weighted by Gasteiger charge is 2.24. The minimum atomic E-state index is 0.639. The molecule has 2 aromatic rings. The number of nitrogen functional groups attached to an aromatic ring is 1. The Hall–Kier alpha value is -1.59. The van der Waals surface area contributed by atoms with Crippen molar-refractivity contribution in [2.45, 2.75) is 12.8 Å². The fraction of sp³-hybridized carbons (Fsp3) is 0.438. The van der Waals surface area contributed by atoms with Crippen LogP contribution in [0.1, 0.15) is 12.8 Å². The fourth-order valence-corrected chi connectivity index (χ4v) is 3.81. The molecule has 1 aromatic heterocycles.